The van der Waals surface area contributed by atoms with Crippen molar-refractivity contribution in [3.8, 4) is 17.3 Å². The van der Waals surface area contributed by atoms with E-state index >= 15 is 0 Å². The van der Waals surface area contributed by atoms with Crippen LogP contribution in [0.3, 0.4) is 0 Å². The SMILES string of the molecule is Cc1c(-c2ccccn2)cccc1[C@H](Nc1cc(Cl)cc2c(NCC(C)(C)C)c(C#N)cnc12)c1cn(C2(C(F)(F)F)CC2)nn1. The van der Waals surface area contributed by atoms with Crippen LogP contribution >= 0.6 is 11.6 Å². The Morgan fingerprint density at radius 1 is 1.09 bits per heavy atom. The highest BCUT2D eigenvalue weighted by Gasteiger charge is 2.66. The molecule has 2 N–H and O–H groups in total. The van der Waals surface area contributed by atoms with Gasteiger partial charge in [-0.3, -0.25) is 9.97 Å². The van der Waals surface area contributed by atoms with E-state index < -0.39 is 17.8 Å². The Labute approximate surface area is 269 Å². The minimum atomic E-state index is -4.46. The van der Waals surface area contributed by atoms with Gasteiger partial charge in [0.25, 0.3) is 0 Å². The fourth-order valence-corrected chi connectivity index (χ4v) is 5.84. The fourth-order valence-electron chi connectivity index (χ4n) is 5.62. The van der Waals surface area contributed by atoms with Crippen molar-refractivity contribution in [1.82, 2.24) is 25.0 Å². The number of aromatic nitrogens is 5. The number of nitriles is 1. The number of hydrogen-bond donors (Lipinski definition) is 2. The Morgan fingerprint density at radius 3 is 2.52 bits per heavy atom. The zero-order valence-corrected chi connectivity index (χ0v) is 26.5. The summed E-state index contributed by atoms with van der Waals surface area (Å²) in [5, 5.41) is 26.1. The van der Waals surface area contributed by atoms with Gasteiger partial charge in [-0.25, -0.2) is 4.68 Å². The zero-order chi connectivity index (χ0) is 32.9. The fraction of sp³-hybridized carbons (Fsp3) is 0.324. The Morgan fingerprint density at radius 2 is 1.87 bits per heavy atom. The van der Waals surface area contributed by atoms with E-state index in [9.17, 15) is 18.4 Å². The van der Waals surface area contributed by atoms with Crippen LogP contribution in [-0.4, -0.2) is 37.7 Å². The minimum Gasteiger partial charge on any atom is -0.383 e. The molecule has 0 saturated heterocycles. The second-order valence-corrected chi connectivity index (χ2v) is 13.3. The number of anilines is 2. The quantitative estimate of drug-likeness (QED) is 0.175. The van der Waals surface area contributed by atoms with Crippen molar-refractivity contribution in [2.24, 2.45) is 5.41 Å². The molecule has 3 aromatic heterocycles. The standard InChI is InChI=1S/C34H32ClF3N8/c1-20-23(26-10-5-6-13-40-26)8-7-9-24(20)31(28-18-46(45-44-28)33(11-12-33)34(36,37)38)43-27-15-22(35)14-25-29(42-19-32(2,3)4)21(16-39)17-41-30(25)27/h5-10,13-15,17-18,31,43H,11-12,19H2,1-4H3,(H,41,42)/t31-/m0/s1. The maximum atomic E-state index is 14.1. The summed E-state index contributed by atoms with van der Waals surface area (Å²) in [4.78, 5) is 9.14. The first-order valence-electron chi connectivity index (χ1n) is 14.8. The topological polar surface area (TPSA) is 104 Å². The summed E-state index contributed by atoms with van der Waals surface area (Å²) in [6, 6.07) is 16.3. The van der Waals surface area contributed by atoms with E-state index in [1.807, 2.05) is 43.3 Å². The highest BCUT2D eigenvalue weighted by Crippen LogP contribution is 2.55. The first kappa shape index (κ1) is 31.3. The first-order valence-corrected chi connectivity index (χ1v) is 15.2. The number of nitrogens with one attached hydrogen (secondary N) is 2. The van der Waals surface area contributed by atoms with Crippen LogP contribution in [0.5, 0.6) is 0 Å². The number of nitrogens with zero attached hydrogens (tertiary/aromatic N) is 6. The lowest BCUT2D eigenvalue weighted by molar-refractivity contribution is -0.182. The van der Waals surface area contributed by atoms with Gasteiger partial charge in [0.1, 0.15) is 11.8 Å². The molecule has 1 saturated carbocycles. The molecule has 0 radical (unpaired) electrons. The molecule has 46 heavy (non-hydrogen) atoms. The molecule has 0 spiro atoms. The van der Waals surface area contributed by atoms with E-state index in [0.717, 1.165) is 27.1 Å². The van der Waals surface area contributed by atoms with E-state index in [4.69, 9.17) is 11.6 Å². The van der Waals surface area contributed by atoms with Gasteiger partial charge in [0.2, 0.25) is 0 Å². The van der Waals surface area contributed by atoms with Gasteiger partial charge in [-0.15, -0.1) is 5.10 Å². The summed E-state index contributed by atoms with van der Waals surface area (Å²) in [6.45, 7) is 8.78. The van der Waals surface area contributed by atoms with Crippen LogP contribution in [0.15, 0.2) is 67.1 Å². The van der Waals surface area contributed by atoms with Gasteiger partial charge in [-0.05, 0) is 60.6 Å². The monoisotopic (exact) mass is 644 g/mol. The number of halogens is 4. The highest BCUT2D eigenvalue weighted by molar-refractivity contribution is 6.32. The maximum absolute atomic E-state index is 14.1. The smallest absolute Gasteiger partial charge is 0.383 e. The summed E-state index contributed by atoms with van der Waals surface area (Å²) in [5.41, 5.74) is 3.43. The normalized spacial score (nSPS) is 14.9. The average molecular weight is 645 g/mol. The summed E-state index contributed by atoms with van der Waals surface area (Å²) in [5.74, 6) is 0. The molecular formula is C34H32ClF3N8. The molecule has 12 heteroatoms. The molecule has 3 heterocycles. The zero-order valence-electron chi connectivity index (χ0n) is 25.7. The lowest BCUT2D eigenvalue weighted by Crippen LogP contribution is -2.35. The predicted octanol–water partition coefficient (Wildman–Crippen LogP) is 8.43. The first-order chi connectivity index (χ1) is 21.8. The molecule has 1 fully saturated rings. The van der Waals surface area contributed by atoms with Crippen molar-refractivity contribution in [3.05, 3.63) is 94.5 Å². The van der Waals surface area contributed by atoms with Gasteiger partial charge in [-0.1, -0.05) is 61.9 Å². The third kappa shape index (κ3) is 5.85. The molecule has 2 aromatic carbocycles. The summed E-state index contributed by atoms with van der Waals surface area (Å²) in [7, 11) is 0. The maximum Gasteiger partial charge on any atom is 0.413 e. The van der Waals surface area contributed by atoms with E-state index in [1.165, 1.54) is 12.4 Å². The summed E-state index contributed by atoms with van der Waals surface area (Å²) < 4.78 is 43.1. The number of pyridine rings is 2. The molecule has 6 rings (SSSR count). The molecule has 0 aliphatic heterocycles. The van der Waals surface area contributed by atoms with Crippen molar-refractivity contribution in [1.29, 1.82) is 5.26 Å². The third-order valence-electron chi connectivity index (χ3n) is 8.28. The van der Waals surface area contributed by atoms with E-state index in [0.29, 0.717) is 45.1 Å². The largest absolute Gasteiger partial charge is 0.413 e. The molecule has 8 nitrogen and oxygen atoms in total. The van der Waals surface area contributed by atoms with Crippen molar-refractivity contribution in [3.63, 3.8) is 0 Å². The molecule has 5 aromatic rings. The Balaban J connectivity index is 1.51. The Hall–Kier alpha value is -4.69. The molecule has 1 atom stereocenters. The number of benzene rings is 2. The lowest BCUT2D eigenvalue weighted by Gasteiger charge is -2.24. The van der Waals surface area contributed by atoms with Crippen LogP contribution in [0.2, 0.25) is 5.02 Å². The van der Waals surface area contributed by atoms with Crippen molar-refractivity contribution in [2.75, 3.05) is 17.2 Å². The molecule has 1 aliphatic rings. The van der Waals surface area contributed by atoms with Crippen molar-refractivity contribution >= 4 is 33.9 Å². The van der Waals surface area contributed by atoms with Gasteiger partial charge in [0.15, 0.2) is 5.54 Å². The van der Waals surface area contributed by atoms with E-state index in [1.54, 1.807) is 18.3 Å². The second-order valence-electron chi connectivity index (χ2n) is 12.9. The van der Waals surface area contributed by atoms with Gasteiger partial charge in [0.05, 0.1) is 40.4 Å². The Bertz CT molecular complexity index is 1950. The Kier molecular flexibility index (Phi) is 7.89. The van der Waals surface area contributed by atoms with E-state index in [2.05, 4.69) is 57.8 Å². The van der Waals surface area contributed by atoms with Crippen LogP contribution in [-0.2, 0) is 5.54 Å². The van der Waals surface area contributed by atoms with Crippen molar-refractivity contribution < 1.29 is 13.2 Å². The predicted molar refractivity (Wildman–Crippen MR) is 173 cm³/mol. The lowest BCUT2D eigenvalue weighted by atomic mass is 9.93. The van der Waals surface area contributed by atoms with Crippen molar-refractivity contribution in [2.45, 2.75) is 58.3 Å². The van der Waals surface area contributed by atoms with Crippen LogP contribution in [0.1, 0.15) is 62.0 Å². The molecule has 0 amide bonds. The van der Waals surface area contributed by atoms with Gasteiger partial charge >= 0.3 is 6.18 Å². The minimum absolute atomic E-state index is 0.0556. The number of hydrogen-bond acceptors (Lipinski definition) is 7. The second kappa shape index (κ2) is 11.6. The van der Waals surface area contributed by atoms with Gasteiger partial charge in [0, 0.05) is 34.9 Å². The van der Waals surface area contributed by atoms with Crippen LogP contribution < -0.4 is 10.6 Å². The third-order valence-corrected chi connectivity index (χ3v) is 8.49. The van der Waals surface area contributed by atoms with Crippen LogP contribution in [0.25, 0.3) is 22.2 Å². The number of fused-ring (bicyclic) bond motifs is 1. The van der Waals surface area contributed by atoms with Gasteiger partial charge < -0.3 is 10.6 Å². The average Bonchev–Trinajstić information content (AvgIpc) is 3.70. The summed E-state index contributed by atoms with van der Waals surface area (Å²) in [6.07, 6.45) is 0.0113. The molecule has 236 valence electrons. The molecular weight excluding hydrogens is 613 g/mol. The molecule has 0 unspecified atom stereocenters. The highest BCUT2D eigenvalue weighted by atomic mass is 35.5. The number of alkyl halides is 3. The number of rotatable bonds is 8. The van der Waals surface area contributed by atoms with Crippen LogP contribution in [0, 0.1) is 23.7 Å². The molecule has 1 aliphatic carbocycles. The molecule has 0 bridgehead atoms. The van der Waals surface area contributed by atoms with Gasteiger partial charge in [-0.2, -0.15) is 18.4 Å². The summed E-state index contributed by atoms with van der Waals surface area (Å²) >= 11 is 6.67. The van der Waals surface area contributed by atoms with E-state index in [-0.39, 0.29) is 18.3 Å². The van der Waals surface area contributed by atoms with Crippen LogP contribution in [0.4, 0.5) is 24.5 Å².